The molecule has 0 spiro atoms. The summed E-state index contributed by atoms with van der Waals surface area (Å²) in [6.45, 7) is 6.11. The smallest absolute Gasteiger partial charge is 0.0948 e. The van der Waals surface area contributed by atoms with Crippen molar-refractivity contribution in [1.29, 1.82) is 0 Å². The molecule has 1 aromatic carbocycles. The number of hydrogen-bond acceptors (Lipinski definition) is 2. The summed E-state index contributed by atoms with van der Waals surface area (Å²) in [5, 5.41) is 3.46. The highest BCUT2D eigenvalue weighted by molar-refractivity contribution is 9.10. The third kappa shape index (κ3) is 2.93. The van der Waals surface area contributed by atoms with Crippen LogP contribution in [0.4, 0.5) is 5.69 Å². The zero-order valence-corrected chi connectivity index (χ0v) is 12.4. The largest absolute Gasteiger partial charge is 0.379 e. The second-order valence-electron chi connectivity index (χ2n) is 4.34. The van der Waals surface area contributed by atoms with E-state index < -0.39 is 0 Å². The van der Waals surface area contributed by atoms with Crippen LogP contribution in [0.3, 0.4) is 0 Å². The van der Waals surface area contributed by atoms with Crippen LogP contribution >= 0.6 is 15.9 Å². The Morgan fingerprint density at radius 1 is 1.39 bits per heavy atom. The summed E-state index contributed by atoms with van der Waals surface area (Å²) < 4.78 is 3.33. The van der Waals surface area contributed by atoms with E-state index in [1.807, 2.05) is 18.6 Å². The Morgan fingerprint density at radius 2 is 2.22 bits per heavy atom. The van der Waals surface area contributed by atoms with E-state index in [9.17, 15) is 0 Å². The predicted octanol–water partition coefficient (Wildman–Crippen LogP) is 3.98. The molecule has 0 aliphatic heterocycles. The first-order valence-corrected chi connectivity index (χ1v) is 6.99. The third-order valence-electron chi connectivity index (χ3n) is 2.99. The average molecular weight is 308 g/mol. The van der Waals surface area contributed by atoms with E-state index in [1.165, 1.54) is 11.3 Å². The van der Waals surface area contributed by atoms with Crippen LogP contribution in [0.25, 0.3) is 0 Å². The molecule has 0 fully saturated rings. The zero-order chi connectivity index (χ0) is 13.0. The molecule has 1 heterocycles. The Hall–Kier alpha value is -1.29. The molecule has 0 aliphatic carbocycles. The maximum atomic E-state index is 4.21. The second-order valence-corrected chi connectivity index (χ2v) is 5.20. The molecule has 18 heavy (non-hydrogen) atoms. The normalized spacial score (nSPS) is 10.6. The van der Waals surface area contributed by atoms with Crippen molar-refractivity contribution < 1.29 is 0 Å². The minimum atomic E-state index is 0.803. The number of rotatable bonds is 5. The molecule has 0 aliphatic rings. The zero-order valence-electron chi connectivity index (χ0n) is 10.8. The van der Waals surface area contributed by atoms with Crippen LogP contribution in [0.5, 0.6) is 0 Å². The number of nitrogens with zero attached hydrogens (tertiary/aromatic N) is 2. The van der Waals surface area contributed by atoms with Gasteiger partial charge in [0.05, 0.1) is 18.6 Å². The first-order valence-electron chi connectivity index (χ1n) is 6.20. The van der Waals surface area contributed by atoms with Crippen molar-refractivity contribution in [2.24, 2.45) is 0 Å². The Morgan fingerprint density at radius 3 is 3.00 bits per heavy atom. The van der Waals surface area contributed by atoms with E-state index in [0.717, 1.165) is 29.7 Å². The van der Waals surface area contributed by atoms with Crippen molar-refractivity contribution in [2.45, 2.75) is 33.4 Å². The lowest BCUT2D eigenvalue weighted by molar-refractivity contribution is 0.651. The molecule has 1 aromatic heterocycles. The third-order valence-corrected chi connectivity index (χ3v) is 3.85. The number of anilines is 1. The predicted molar refractivity (Wildman–Crippen MR) is 78.7 cm³/mol. The van der Waals surface area contributed by atoms with Crippen molar-refractivity contribution in [1.82, 2.24) is 9.55 Å². The summed E-state index contributed by atoms with van der Waals surface area (Å²) in [6, 6.07) is 6.20. The van der Waals surface area contributed by atoms with Crippen LogP contribution in [-0.2, 0) is 13.1 Å². The molecule has 0 atom stereocenters. The standard InChI is InChI=1S/C14H18BrN3/c1-3-7-18-10-16-8-12(18)9-17-14-6-4-5-13(15)11(14)2/h4-6,8,10,17H,3,7,9H2,1-2H3. The highest BCUT2D eigenvalue weighted by Gasteiger charge is 2.04. The molecular weight excluding hydrogens is 290 g/mol. The number of halogens is 1. The van der Waals surface area contributed by atoms with Gasteiger partial charge in [-0.2, -0.15) is 0 Å². The van der Waals surface area contributed by atoms with Gasteiger partial charge in [-0.15, -0.1) is 0 Å². The summed E-state index contributed by atoms with van der Waals surface area (Å²) in [5.41, 5.74) is 3.61. The molecular formula is C14H18BrN3. The maximum absolute atomic E-state index is 4.21. The minimum absolute atomic E-state index is 0.803. The number of benzene rings is 1. The second kappa shape index (κ2) is 6.05. The molecule has 2 rings (SSSR count). The lowest BCUT2D eigenvalue weighted by Crippen LogP contribution is -2.07. The number of aryl methyl sites for hydroxylation is 1. The van der Waals surface area contributed by atoms with Gasteiger partial charge in [0.1, 0.15) is 0 Å². The summed E-state index contributed by atoms with van der Waals surface area (Å²) in [7, 11) is 0. The van der Waals surface area contributed by atoms with Gasteiger partial charge in [0, 0.05) is 22.9 Å². The summed E-state index contributed by atoms with van der Waals surface area (Å²) >= 11 is 3.55. The topological polar surface area (TPSA) is 29.9 Å². The fourth-order valence-corrected chi connectivity index (χ4v) is 2.29. The molecule has 0 amide bonds. The average Bonchev–Trinajstić information content (AvgIpc) is 2.79. The van der Waals surface area contributed by atoms with E-state index in [4.69, 9.17) is 0 Å². The van der Waals surface area contributed by atoms with Crippen LogP contribution in [-0.4, -0.2) is 9.55 Å². The quantitative estimate of drug-likeness (QED) is 0.905. The van der Waals surface area contributed by atoms with Gasteiger partial charge in [0.15, 0.2) is 0 Å². The number of imidazole rings is 1. The SMILES string of the molecule is CCCn1cncc1CNc1cccc(Br)c1C. The molecule has 0 bridgehead atoms. The van der Waals surface area contributed by atoms with Gasteiger partial charge >= 0.3 is 0 Å². The Labute approximate surface area is 116 Å². The van der Waals surface area contributed by atoms with Gasteiger partial charge in [-0.1, -0.05) is 28.9 Å². The summed E-state index contributed by atoms with van der Waals surface area (Å²) in [4.78, 5) is 4.21. The van der Waals surface area contributed by atoms with Crippen molar-refractivity contribution in [2.75, 3.05) is 5.32 Å². The van der Waals surface area contributed by atoms with E-state index in [1.54, 1.807) is 0 Å². The molecule has 4 heteroatoms. The van der Waals surface area contributed by atoms with Crippen molar-refractivity contribution in [3.05, 3.63) is 46.5 Å². The first kappa shape index (κ1) is 13.1. The van der Waals surface area contributed by atoms with Gasteiger partial charge in [0.2, 0.25) is 0 Å². The summed E-state index contributed by atoms with van der Waals surface area (Å²) in [6.07, 6.45) is 4.95. The van der Waals surface area contributed by atoms with E-state index in [0.29, 0.717) is 0 Å². The molecule has 3 nitrogen and oxygen atoms in total. The molecule has 0 saturated heterocycles. The lowest BCUT2D eigenvalue weighted by Gasteiger charge is -2.12. The number of aromatic nitrogens is 2. The number of nitrogens with one attached hydrogen (secondary N) is 1. The van der Waals surface area contributed by atoms with E-state index >= 15 is 0 Å². The van der Waals surface area contributed by atoms with Crippen molar-refractivity contribution >= 4 is 21.6 Å². The Bertz CT molecular complexity index is 520. The minimum Gasteiger partial charge on any atom is -0.379 e. The molecule has 0 radical (unpaired) electrons. The molecule has 0 unspecified atom stereocenters. The molecule has 0 saturated carbocycles. The van der Waals surface area contributed by atoms with Crippen LogP contribution < -0.4 is 5.32 Å². The highest BCUT2D eigenvalue weighted by atomic mass is 79.9. The molecule has 2 aromatic rings. The van der Waals surface area contributed by atoms with Crippen LogP contribution in [0.15, 0.2) is 35.2 Å². The number of hydrogen-bond donors (Lipinski definition) is 1. The van der Waals surface area contributed by atoms with Crippen molar-refractivity contribution in [3.8, 4) is 0 Å². The van der Waals surface area contributed by atoms with Gasteiger partial charge in [-0.25, -0.2) is 4.98 Å². The van der Waals surface area contributed by atoms with Gasteiger partial charge in [0.25, 0.3) is 0 Å². The fraction of sp³-hybridized carbons (Fsp3) is 0.357. The summed E-state index contributed by atoms with van der Waals surface area (Å²) in [5.74, 6) is 0. The van der Waals surface area contributed by atoms with Crippen LogP contribution in [0, 0.1) is 6.92 Å². The Kier molecular flexibility index (Phi) is 4.42. The van der Waals surface area contributed by atoms with Crippen LogP contribution in [0.1, 0.15) is 24.6 Å². The lowest BCUT2D eigenvalue weighted by atomic mass is 10.2. The van der Waals surface area contributed by atoms with Crippen LogP contribution in [0.2, 0.25) is 0 Å². The van der Waals surface area contributed by atoms with E-state index in [2.05, 4.69) is 56.8 Å². The molecule has 1 N–H and O–H groups in total. The highest BCUT2D eigenvalue weighted by Crippen LogP contribution is 2.23. The van der Waals surface area contributed by atoms with Gasteiger partial charge in [-0.05, 0) is 31.0 Å². The van der Waals surface area contributed by atoms with Gasteiger partial charge < -0.3 is 9.88 Å². The van der Waals surface area contributed by atoms with E-state index in [-0.39, 0.29) is 0 Å². The monoisotopic (exact) mass is 307 g/mol. The molecule has 96 valence electrons. The van der Waals surface area contributed by atoms with Crippen molar-refractivity contribution in [3.63, 3.8) is 0 Å². The Balaban J connectivity index is 2.07. The maximum Gasteiger partial charge on any atom is 0.0948 e. The first-order chi connectivity index (χ1) is 8.72. The van der Waals surface area contributed by atoms with Gasteiger partial charge in [-0.3, -0.25) is 0 Å². The fourth-order valence-electron chi connectivity index (χ4n) is 1.92.